The minimum absolute atomic E-state index is 0.0350. The maximum absolute atomic E-state index is 5.80. The zero-order valence-electron chi connectivity index (χ0n) is 6.79. The van der Waals surface area contributed by atoms with Crippen LogP contribution in [0.4, 0.5) is 0 Å². The highest BCUT2D eigenvalue weighted by Gasteiger charge is 2.20. The molecule has 2 N–H and O–H groups in total. The first-order chi connectivity index (χ1) is 5.34. The van der Waals surface area contributed by atoms with E-state index in [1.54, 1.807) is 7.11 Å². The van der Waals surface area contributed by atoms with E-state index in [9.17, 15) is 0 Å². The topological polar surface area (TPSA) is 44.5 Å². The summed E-state index contributed by atoms with van der Waals surface area (Å²) >= 11 is 1.90. The zero-order valence-corrected chi connectivity index (χ0v) is 7.60. The molecule has 4 heteroatoms. The van der Waals surface area contributed by atoms with Crippen LogP contribution in [0.2, 0.25) is 0 Å². The Labute approximate surface area is 71.6 Å². The molecule has 1 fully saturated rings. The second kappa shape index (κ2) is 4.98. The van der Waals surface area contributed by atoms with Gasteiger partial charge < -0.3 is 15.2 Å². The predicted molar refractivity (Wildman–Crippen MR) is 46.9 cm³/mol. The molecule has 0 aliphatic carbocycles. The maximum atomic E-state index is 5.80. The molecule has 0 spiro atoms. The fourth-order valence-electron chi connectivity index (χ4n) is 1.05. The van der Waals surface area contributed by atoms with Gasteiger partial charge in [-0.05, 0) is 0 Å². The second-order valence-corrected chi connectivity index (χ2v) is 3.75. The Morgan fingerprint density at radius 1 is 1.82 bits per heavy atom. The first-order valence-electron chi connectivity index (χ1n) is 3.78. The highest BCUT2D eigenvalue weighted by atomic mass is 32.2. The van der Waals surface area contributed by atoms with Crippen LogP contribution in [0.15, 0.2) is 0 Å². The molecule has 0 aromatic heterocycles. The van der Waals surface area contributed by atoms with Gasteiger partial charge >= 0.3 is 0 Å². The lowest BCUT2D eigenvalue weighted by Gasteiger charge is -2.26. The number of rotatable bonds is 3. The number of nitrogens with two attached hydrogens (primary N) is 1. The lowest BCUT2D eigenvalue weighted by atomic mass is 10.2. The third-order valence-electron chi connectivity index (χ3n) is 1.68. The van der Waals surface area contributed by atoms with Crippen molar-refractivity contribution >= 4 is 11.8 Å². The Bertz CT molecular complexity index is 107. The van der Waals surface area contributed by atoms with Crippen molar-refractivity contribution in [3.63, 3.8) is 0 Å². The molecule has 2 unspecified atom stereocenters. The van der Waals surface area contributed by atoms with Gasteiger partial charge in [-0.25, -0.2) is 0 Å². The number of methoxy groups -OCH3 is 1. The highest BCUT2D eigenvalue weighted by Crippen LogP contribution is 2.14. The van der Waals surface area contributed by atoms with Gasteiger partial charge in [0.2, 0.25) is 0 Å². The van der Waals surface area contributed by atoms with Crippen LogP contribution in [-0.4, -0.2) is 44.0 Å². The number of hydrogen-bond donors (Lipinski definition) is 1. The minimum atomic E-state index is 0.0350. The molecule has 0 aromatic carbocycles. The van der Waals surface area contributed by atoms with E-state index in [1.165, 1.54) is 0 Å². The van der Waals surface area contributed by atoms with Crippen molar-refractivity contribution in [1.29, 1.82) is 0 Å². The summed E-state index contributed by atoms with van der Waals surface area (Å²) in [6.07, 6.45) is 0.189. The van der Waals surface area contributed by atoms with Crippen molar-refractivity contribution in [2.75, 3.05) is 31.8 Å². The molecule has 1 heterocycles. The van der Waals surface area contributed by atoms with Crippen molar-refractivity contribution in [1.82, 2.24) is 0 Å². The lowest BCUT2D eigenvalue weighted by Crippen LogP contribution is -2.44. The molecule has 1 aliphatic rings. The third kappa shape index (κ3) is 2.99. The summed E-state index contributed by atoms with van der Waals surface area (Å²) in [6.45, 7) is 1.41. The molecule has 0 radical (unpaired) electrons. The van der Waals surface area contributed by atoms with Crippen LogP contribution in [0.1, 0.15) is 0 Å². The lowest BCUT2D eigenvalue weighted by molar-refractivity contribution is 0.0325. The fraction of sp³-hybridized carbons (Fsp3) is 1.00. The molecule has 3 nitrogen and oxygen atoms in total. The molecule has 0 aromatic rings. The Hall–Kier alpha value is 0.230. The van der Waals surface area contributed by atoms with Crippen LogP contribution in [0, 0.1) is 0 Å². The number of thioether (sulfide) groups is 1. The van der Waals surface area contributed by atoms with Gasteiger partial charge in [0.1, 0.15) is 0 Å². The summed E-state index contributed by atoms with van der Waals surface area (Å²) in [6, 6.07) is 0.0350. The minimum Gasteiger partial charge on any atom is -0.383 e. The molecule has 0 saturated carbocycles. The summed E-state index contributed by atoms with van der Waals surface area (Å²) in [5, 5.41) is 0. The fourth-order valence-corrected chi connectivity index (χ4v) is 2.01. The van der Waals surface area contributed by atoms with E-state index in [0.717, 1.165) is 18.1 Å². The maximum Gasteiger partial charge on any atom is 0.0839 e. The van der Waals surface area contributed by atoms with Gasteiger partial charge in [-0.2, -0.15) is 11.8 Å². The monoisotopic (exact) mass is 177 g/mol. The summed E-state index contributed by atoms with van der Waals surface area (Å²) in [5.74, 6) is 2.10. The van der Waals surface area contributed by atoms with Crippen LogP contribution in [0.5, 0.6) is 0 Å². The molecule has 0 amide bonds. The number of hydrogen-bond acceptors (Lipinski definition) is 4. The van der Waals surface area contributed by atoms with Gasteiger partial charge in [-0.15, -0.1) is 0 Å². The van der Waals surface area contributed by atoms with Crippen LogP contribution >= 0.6 is 11.8 Å². The van der Waals surface area contributed by atoms with Crippen LogP contribution < -0.4 is 5.73 Å². The van der Waals surface area contributed by atoms with Gasteiger partial charge in [0.25, 0.3) is 0 Å². The van der Waals surface area contributed by atoms with Crippen molar-refractivity contribution < 1.29 is 9.47 Å². The van der Waals surface area contributed by atoms with Crippen LogP contribution in [0.3, 0.4) is 0 Å². The average Bonchev–Trinajstić information content (AvgIpc) is 2.07. The highest BCUT2D eigenvalue weighted by molar-refractivity contribution is 7.99. The summed E-state index contributed by atoms with van der Waals surface area (Å²) in [5.41, 5.74) is 5.80. The molecule has 0 bridgehead atoms. The van der Waals surface area contributed by atoms with E-state index >= 15 is 0 Å². The Morgan fingerprint density at radius 2 is 2.64 bits per heavy atom. The van der Waals surface area contributed by atoms with Crippen LogP contribution in [-0.2, 0) is 9.47 Å². The molecule has 1 aliphatic heterocycles. The molecule has 1 rings (SSSR count). The standard InChI is InChI=1S/C7H15NO2S/c1-9-4-6(8)7-5-11-3-2-10-7/h6-7H,2-5,8H2,1H3. The van der Waals surface area contributed by atoms with E-state index in [1.807, 2.05) is 11.8 Å². The first kappa shape index (κ1) is 9.32. The van der Waals surface area contributed by atoms with Crippen molar-refractivity contribution in [3.05, 3.63) is 0 Å². The second-order valence-electron chi connectivity index (χ2n) is 2.60. The van der Waals surface area contributed by atoms with Gasteiger partial charge in [0.15, 0.2) is 0 Å². The van der Waals surface area contributed by atoms with Crippen LogP contribution in [0.25, 0.3) is 0 Å². The molecule has 1 saturated heterocycles. The number of ether oxygens (including phenoxy) is 2. The zero-order chi connectivity index (χ0) is 8.10. The Balaban J connectivity index is 2.21. The van der Waals surface area contributed by atoms with Crippen molar-refractivity contribution in [2.45, 2.75) is 12.1 Å². The molecular weight excluding hydrogens is 162 g/mol. The predicted octanol–water partition coefficient (Wildman–Crippen LogP) is 0.0921. The SMILES string of the molecule is COCC(N)C1CSCCO1. The van der Waals surface area contributed by atoms with Crippen molar-refractivity contribution in [2.24, 2.45) is 5.73 Å². The van der Waals surface area contributed by atoms with Gasteiger partial charge in [-0.3, -0.25) is 0 Å². The Kier molecular flexibility index (Phi) is 4.22. The first-order valence-corrected chi connectivity index (χ1v) is 4.94. The largest absolute Gasteiger partial charge is 0.383 e. The van der Waals surface area contributed by atoms with E-state index in [4.69, 9.17) is 15.2 Å². The molecule has 2 atom stereocenters. The Morgan fingerprint density at radius 3 is 3.18 bits per heavy atom. The smallest absolute Gasteiger partial charge is 0.0839 e. The molecule has 66 valence electrons. The van der Waals surface area contributed by atoms with E-state index in [2.05, 4.69) is 0 Å². The van der Waals surface area contributed by atoms with E-state index in [0.29, 0.717) is 6.61 Å². The average molecular weight is 177 g/mol. The summed E-state index contributed by atoms with van der Waals surface area (Å²) in [4.78, 5) is 0. The quantitative estimate of drug-likeness (QED) is 0.663. The molecule has 11 heavy (non-hydrogen) atoms. The van der Waals surface area contributed by atoms with Crippen molar-refractivity contribution in [3.8, 4) is 0 Å². The van der Waals surface area contributed by atoms with Gasteiger partial charge in [0, 0.05) is 18.6 Å². The van der Waals surface area contributed by atoms with Gasteiger partial charge in [-0.1, -0.05) is 0 Å². The normalized spacial score (nSPS) is 28.4. The van der Waals surface area contributed by atoms with E-state index < -0.39 is 0 Å². The summed E-state index contributed by atoms with van der Waals surface area (Å²) in [7, 11) is 1.66. The van der Waals surface area contributed by atoms with Gasteiger partial charge in [0.05, 0.1) is 25.4 Å². The summed E-state index contributed by atoms with van der Waals surface area (Å²) < 4.78 is 10.4. The molecular formula is C7H15NO2S. The van der Waals surface area contributed by atoms with E-state index in [-0.39, 0.29) is 12.1 Å². The third-order valence-corrected chi connectivity index (χ3v) is 2.70.